The third-order valence-corrected chi connectivity index (χ3v) is 9.31. The molecule has 0 bridgehead atoms. The summed E-state index contributed by atoms with van der Waals surface area (Å²) in [5.74, 6) is 1.77. The Hall–Kier alpha value is -6.85. The molecule has 0 saturated heterocycles. The molecule has 3 heterocycles. The van der Waals surface area contributed by atoms with Crippen LogP contribution in [0.5, 0.6) is 0 Å². The lowest BCUT2D eigenvalue weighted by Gasteiger charge is -2.12. The lowest BCUT2D eigenvalue weighted by Crippen LogP contribution is -2.00. The number of nitrogens with zero attached hydrogens (tertiary/aromatic N) is 3. The Kier molecular flexibility index (Phi) is 6.42. The van der Waals surface area contributed by atoms with Crippen molar-refractivity contribution in [2.24, 2.45) is 0 Å². The van der Waals surface area contributed by atoms with Crippen LogP contribution >= 0.6 is 0 Å². The van der Waals surface area contributed by atoms with Gasteiger partial charge >= 0.3 is 0 Å². The summed E-state index contributed by atoms with van der Waals surface area (Å²) in [6, 6.07) is 55.9. The number of hydrogen-bond acceptors (Lipinski definition) is 5. The van der Waals surface area contributed by atoms with E-state index < -0.39 is 0 Å². The number of fused-ring (bicyclic) bond motifs is 6. The highest BCUT2D eigenvalue weighted by atomic mass is 16.3. The fraction of sp³-hybridized carbons (Fsp3) is 0. The van der Waals surface area contributed by atoms with E-state index in [1.54, 1.807) is 0 Å². The van der Waals surface area contributed by atoms with Gasteiger partial charge in [-0.25, -0.2) is 15.0 Å². The minimum absolute atomic E-state index is 0.578. The predicted molar refractivity (Wildman–Crippen MR) is 202 cm³/mol. The van der Waals surface area contributed by atoms with Gasteiger partial charge in [-0.15, -0.1) is 0 Å². The number of furan rings is 2. The molecule has 5 heteroatoms. The molecule has 0 fully saturated rings. The number of benzene rings is 7. The van der Waals surface area contributed by atoms with Gasteiger partial charge in [0.25, 0.3) is 0 Å². The molecule has 10 rings (SSSR count). The van der Waals surface area contributed by atoms with Gasteiger partial charge in [0.05, 0.1) is 0 Å². The van der Waals surface area contributed by atoms with Crippen LogP contribution in [-0.2, 0) is 0 Å². The van der Waals surface area contributed by atoms with Crippen LogP contribution < -0.4 is 0 Å². The Labute approximate surface area is 287 Å². The van der Waals surface area contributed by atoms with Crippen LogP contribution in [0.3, 0.4) is 0 Å². The second kappa shape index (κ2) is 11.4. The van der Waals surface area contributed by atoms with Gasteiger partial charge in [-0.3, -0.25) is 0 Å². The Morgan fingerprint density at radius 1 is 0.260 bits per heavy atom. The topological polar surface area (TPSA) is 65.0 Å². The first-order valence-electron chi connectivity index (χ1n) is 16.6. The van der Waals surface area contributed by atoms with Crippen molar-refractivity contribution < 1.29 is 8.83 Å². The van der Waals surface area contributed by atoms with Crippen molar-refractivity contribution in [1.29, 1.82) is 0 Å². The molecule has 0 unspecified atom stereocenters. The Balaban J connectivity index is 1.18. The van der Waals surface area contributed by atoms with Crippen LogP contribution in [0.15, 0.2) is 173 Å². The third kappa shape index (κ3) is 4.83. The Bertz CT molecular complexity index is 2870. The van der Waals surface area contributed by atoms with Crippen molar-refractivity contribution in [2.45, 2.75) is 0 Å². The summed E-state index contributed by atoms with van der Waals surface area (Å²) in [5, 5.41) is 4.33. The number of rotatable bonds is 5. The molecule has 0 saturated carbocycles. The van der Waals surface area contributed by atoms with Crippen LogP contribution in [0, 0.1) is 0 Å². The van der Waals surface area contributed by atoms with Crippen LogP contribution in [0.2, 0.25) is 0 Å². The molecule has 234 valence electrons. The first-order chi connectivity index (χ1) is 24.7. The zero-order chi connectivity index (χ0) is 33.0. The van der Waals surface area contributed by atoms with E-state index in [1.807, 2.05) is 78.9 Å². The standard InChI is InChI=1S/C45H27N3O2/c1-3-11-28(12-4-1)32-23-33(30-20-22-41-38(26-30)36-16-8-10-18-40(36)49-41)25-34(24-32)45-47-43(29-13-5-2-6-14-29)46-44(48-45)31-19-21-37-35-15-7-9-17-39(35)50-42(37)27-31/h1-27H. The summed E-state index contributed by atoms with van der Waals surface area (Å²) < 4.78 is 12.4. The molecule has 0 aliphatic carbocycles. The smallest absolute Gasteiger partial charge is 0.164 e. The minimum Gasteiger partial charge on any atom is -0.456 e. The monoisotopic (exact) mass is 641 g/mol. The second-order valence-electron chi connectivity index (χ2n) is 12.5. The molecule has 10 aromatic rings. The van der Waals surface area contributed by atoms with Gasteiger partial charge in [0, 0.05) is 38.2 Å². The van der Waals surface area contributed by atoms with Gasteiger partial charge in [-0.2, -0.15) is 0 Å². The van der Waals surface area contributed by atoms with Crippen molar-refractivity contribution in [3.8, 4) is 56.4 Å². The molecule has 5 nitrogen and oxygen atoms in total. The average molecular weight is 642 g/mol. The Morgan fingerprint density at radius 2 is 0.740 bits per heavy atom. The van der Waals surface area contributed by atoms with Gasteiger partial charge < -0.3 is 8.83 Å². The third-order valence-electron chi connectivity index (χ3n) is 9.31. The van der Waals surface area contributed by atoms with Gasteiger partial charge in [0.15, 0.2) is 17.5 Å². The molecule has 7 aromatic carbocycles. The number of aromatic nitrogens is 3. The zero-order valence-corrected chi connectivity index (χ0v) is 26.7. The van der Waals surface area contributed by atoms with Crippen molar-refractivity contribution in [3.63, 3.8) is 0 Å². The van der Waals surface area contributed by atoms with E-state index in [4.69, 9.17) is 23.8 Å². The maximum Gasteiger partial charge on any atom is 0.164 e. The van der Waals surface area contributed by atoms with E-state index in [1.165, 1.54) is 0 Å². The number of hydrogen-bond donors (Lipinski definition) is 0. The zero-order valence-electron chi connectivity index (χ0n) is 26.7. The van der Waals surface area contributed by atoms with Crippen molar-refractivity contribution in [1.82, 2.24) is 15.0 Å². The Morgan fingerprint density at radius 3 is 1.46 bits per heavy atom. The van der Waals surface area contributed by atoms with E-state index in [9.17, 15) is 0 Å². The summed E-state index contributed by atoms with van der Waals surface area (Å²) in [5.41, 5.74) is 10.4. The fourth-order valence-corrected chi connectivity index (χ4v) is 6.84. The normalized spacial score (nSPS) is 11.6. The lowest BCUT2D eigenvalue weighted by atomic mass is 9.95. The molecule has 0 spiro atoms. The first kappa shape index (κ1) is 28.2. The van der Waals surface area contributed by atoms with Crippen LogP contribution in [0.1, 0.15) is 0 Å². The van der Waals surface area contributed by atoms with Gasteiger partial charge in [0.1, 0.15) is 22.3 Å². The minimum atomic E-state index is 0.578. The van der Waals surface area contributed by atoms with Crippen molar-refractivity contribution >= 4 is 43.9 Å². The molecule has 0 radical (unpaired) electrons. The van der Waals surface area contributed by atoms with E-state index in [2.05, 4.69) is 84.9 Å². The van der Waals surface area contributed by atoms with E-state index in [0.29, 0.717) is 17.5 Å². The summed E-state index contributed by atoms with van der Waals surface area (Å²) in [6.45, 7) is 0. The lowest BCUT2D eigenvalue weighted by molar-refractivity contribution is 0.668. The van der Waals surface area contributed by atoms with Gasteiger partial charge in [-0.05, 0) is 76.9 Å². The van der Waals surface area contributed by atoms with Gasteiger partial charge in [0.2, 0.25) is 0 Å². The predicted octanol–water partition coefficient (Wildman–Crippen LogP) is 12.0. The molecule has 3 aromatic heterocycles. The summed E-state index contributed by atoms with van der Waals surface area (Å²) >= 11 is 0. The molecule has 50 heavy (non-hydrogen) atoms. The maximum atomic E-state index is 6.25. The fourth-order valence-electron chi connectivity index (χ4n) is 6.84. The molecule has 0 amide bonds. The maximum absolute atomic E-state index is 6.25. The van der Waals surface area contributed by atoms with E-state index in [0.717, 1.165) is 82.8 Å². The van der Waals surface area contributed by atoms with Crippen LogP contribution in [-0.4, -0.2) is 15.0 Å². The van der Waals surface area contributed by atoms with E-state index in [-0.39, 0.29) is 0 Å². The summed E-state index contributed by atoms with van der Waals surface area (Å²) in [7, 11) is 0. The molecule has 0 aliphatic rings. The highest BCUT2D eigenvalue weighted by Gasteiger charge is 2.17. The second-order valence-corrected chi connectivity index (χ2v) is 12.5. The largest absolute Gasteiger partial charge is 0.456 e. The summed E-state index contributed by atoms with van der Waals surface area (Å²) in [4.78, 5) is 15.2. The molecular weight excluding hydrogens is 615 g/mol. The van der Waals surface area contributed by atoms with E-state index >= 15 is 0 Å². The average Bonchev–Trinajstić information content (AvgIpc) is 3.76. The molecule has 0 aliphatic heterocycles. The van der Waals surface area contributed by atoms with Crippen LogP contribution in [0.4, 0.5) is 0 Å². The van der Waals surface area contributed by atoms with Crippen LogP contribution in [0.25, 0.3) is 100 Å². The highest BCUT2D eigenvalue weighted by Crippen LogP contribution is 2.37. The van der Waals surface area contributed by atoms with Crippen molar-refractivity contribution in [3.05, 3.63) is 164 Å². The highest BCUT2D eigenvalue weighted by molar-refractivity contribution is 6.07. The molecule has 0 N–H and O–H groups in total. The quantitative estimate of drug-likeness (QED) is 0.187. The SMILES string of the molecule is c1ccc(-c2cc(-c3ccc4oc5ccccc5c4c3)cc(-c3nc(-c4ccccc4)nc(-c4ccc5c(c4)oc4ccccc45)n3)c2)cc1. The molecular formula is C45H27N3O2. The first-order valence-corrected chi connectivity index (χ1v) is 16.6. The van der Waals surface area contributed by atoms with Crippen molar-refractivity contribution in [2.75, 3.05) is 0 Å². The summed E-state index contributed by atoms with van der Waals surface area (Å²) in [6.07, 6.45) is 0. The molecule has 0 atom stereocenters. The van der Waals surface area contributed by atoms with Gasteiger partial charge in [-0.1, -0.05) is 109 Å². The number of para-hydroxylation sites is 2.